The van der Waals surface area contributed by atoms with Crippen LogP contribution in [-0.4, -0.2) is 46.0 Å². The number of aromatic nitrogens is 2. The molecule has 0 unspecified atom stereocenters. The Balaban J connectivity index is 1.21. The van der Waals surface area contributed by atoms with Gasteiger partial charge in [0.1, 0.15) is 6.61 Å². The molecule has 5 rings (SSSR count). The van der Waals surface area contributed by atoms with Crippen LogP contribution in [0.4, 0.5) is 10.6 Å². The van der Waals surface area contributed by atoms with Gasteiger partial charge in [0.2, 0.25) is 11.5 Å². The molecule has 1 fully saturated rings. The summed E-state index contributed by atoms with van der Waals surface area (Å²) in [7, 11) is 0. The van der Waals surface area contributed by atoms with Crippen LogP contribution in [0.1, 0.15) is 53.2 Å². The van der Waals surface area contributed by atoms with E-state index in [2.05, 4.69) is 25.6 Å². The van der Waals surface area contributed by atoms with Gasteiger partial charge >= 0.3 is 12.1 Å². The summed E-state index contributed by atoms with van der Waals surface area (Å²) in [5.41, 5.74) is 4.19. The fourth-order valence-electron chi connectivity index (χ4n) is 4.95. The van der Waals surface area contributed by atoms with Crippen molar-refractivity contribution in [2.45, 2.75) is 37.6 Å². The first-order chi connectivity index (χ1) is 17.0. The molecule has 0 saturated heterocycles. The molecule has 35 heavy (non-hydrogen) atoms. The molecular weight excluding hydrogens is 452 g/mol. The van der Waals surface area contributed by atoms with Crippen molar-refractivity contribution < 1.29 is 28.9 Å². The third-order valence-electron chi connectivity index (χ3n) is 6.63. The number of carboxylic acid groups (broad SMARTS) is 1. The average molecular weight is 476 g/mol. The second-order valence-electron chi connectivity index (χ2n) is 8.78. The molecule has 1 saturated carbocycles. The Morgan fingerprint density at radius 3 is 2.37 bits per heavy atom. The monoisotopic (exact) mass is 476 g/mol. The van der Waals surface area contributed by atoms with E-state index < -0.39 is 23.9 Å². The van der Waals surface area contributed by atoms with E-state index in [0.29, 0.717) is 25.7 Å². The molecule has 2 aromatic carbocycles. The highest BCUT2D eigenvalue weighted by Crippen LogP contribution is 2.44. The van der Waals surface area contributed by atoms with Crippen molar-refractivity contribution in [3.8, 4) is 11.1 Å². The average Bonchev–Trinajstić information content (AvgIpc) is 3.45. The number of nitrogens with zero attached hydrogens (tertiary/aromatic N) is 2. The number of carbonyl (C=O) groups excluding carboxylic acids is 2. The number of nitrogens with one attached hydrogen (secondary N) is 2. The third kappa shape index (κ3) is 4.59. The molecule has 10 heteroatoms. The minimum atomic E-state index is -0.871. The van der Waals surface area contributed by atoms with Gasteiger partial charge in [-0.15, -0.1) is 0 Å². The van der Waals surface area contributed by atoms with Crippen molar-refractivity contribution in [3.63, 3.8) is 0 Å². The van der Waals surface area contributed by atoms with E-state index in [1.807, 2.05) is 48.5 Å². The lowest BCUT2D eigenvalue weighted by atomic mass is 9.86. The zero-order valence-electron chi connectivity index (χ0n) is 18.8. The fraction of sp³-hybridized carbons (Fsp3) is 0.320. The van der Waals surface area contributed by atoms with E-state index in [-0.39, 0.29) is 30.1 Å². The normalized spacial score (nSPS) is 18.9. The van der Waals surface area contributed by atoms with Gasteiger partial charge in [-0.3, -0.25) is 14.9 Å². The first-order valence-electron chi connectivity index (χ1n) is 11.5. The molecule has 180 valence electrons. The molecule has 1 heterocycles. The van der Waals surface area contributed by atoms with Crippen LogP contribution in [0.3, 0.4) is 0 Å². The molecule has 2 amide bonds. The van der Waals surface area contributed by atoms with Gasteiger partial charge in [-0.1, -0.05) is 55.0 Å². The number of benzene rings is 2. The van der Waals surface area contributed by atoms with Crippen molar-refractivity contribution in [3.05, 3.63) is 65.4 Å². The van der Waals surface area contributed by atoms with Gasteiger partial charge in [-0.25, -0.2) is 9.42 Å². The number of ether oxygens (including phenoxy) is 1. The maximum atomic E-state index is 12.7. The summed E-state index contributed by atoms with van der Waals surface area (Å²) >= 11 is 0. The standard InChI is InChI=1S/C25H24N4O6/c30-23(26-15-7-5-6-14(12-15)24(31)32)21-22(29-35-28-21)27-25(33)34-13-20-18-10-3-1-8-16(18)17-9-2-4-11-19(17)20/h1-4,8-11,14-15,20H,5-7,12-13H2,(H,26,30)(H,31,32)(H,27,29,33)/t14-,15+/m0/s1. The van der Waals surface area contributed by atoms with Crippen LogP contribution < -0.4 is 10.6 Å². The van der Waals surface area contributed by atoms with Crippen LogP contribution in [0.25, 0.3) is 11.1 Å². The van der Waals surface area contributed by atoms with E-state index in [0.717, 1.165) is 22.3 Å². The number of fused-ring (bicyclic) bond motifs is 3. The Hall–Kier alpha value is -4.21. The minimum Gasteiger partial charge on any atom is -0.481 e. The quantitative estimate of drug-likeness (QED) is 0.487. The Bertz CT molecular complexity index is 1230. The lowest BCUT2D eigenvalue weighted by Gasteiger charge is -2.27. The number of carbonyl (C=O) groups is 3. The van der Waals surface area contributed by atoms with Crippen molar-refractivity contribution >= 4 is 23.8 Å². The summed E-state index contributed by atoms with van der Waals surface area (Å²) < 4.78 is 10.1. The Labute approximate surface area is 200 Å². The summed E-state index contributed by atoms with van der Waals surface area (Å²) in [4.78, 5) is 36.5. The van der Waals surface area contributed by atoms with Crippen molar-refractivity contribution in [2.24, 2.45) is 5.92 Å². The number of hydrogen-bond acceptors (Lipinski definition) is 7. The van der Waals surface area contributed by atoms with E-state index in [9.17, 15) is 19.5 Å². The van der Waals surface area contributed by atoms with E-state index >= 15 is 0 Å². The number of hydrogen-bond donors (Lipinski definition) is 3. The summed E-state index contributed by atoms with van der Waals surface area (Å²) in [6, 6.07) is 15.7. The van der Waals surface area contributed by atoms with Gasteiger partial charge in [-0.2, -0.15) is 0 Å². The van der Waals surface area contributed by atoms with E-state index in [4.69, 9.17) is 4.74 Å². The number of carboxylic acids is 1. The Morgan fingerprint density at radius 2 is 1.69 bits per heavy atom. The second kappa shape index (κ2) is 9.57. The van der Waals surface area contributed by atoms with Crippen LogP contribution in [0.15, 0.2) is 53.2 Å². The molecule has 2 aliphatic carbocycles. The summed E-state index contributed by atoms with van der Waals surface area (Å²) in [6.07, 6.45) is 1.49. The zero-order valence-corrected chi connectivity index (χ0v) is 18.8. The topological polar surface area (TPSA) is 144 Å². The maximum Gasteiger partial charge on any atom is 0.412 e. The number of aliphatic carboxylic acids is 1. The Kier molecular flexibility index (Phi) is 6.17. The number of amides is 2. The predicted octanol–water partition coefficient (Wildman–Crippen LogP) is 3.80. The molecule has 2 aliphatic rings. The van der Waals surface area contributed by atoms with Crippen LogP contribution in [0.5, 0.6) is 0 Å². The minimum absolute atomic E-state index is 0.103. The van der Waals surface area contributed by atoms with Gasteiger partial charge < -0.3 is 15.2 Å². The Morgan fingerprint density at radius 1 is 1.00 bits per heavy atom. The van der Waals surface area contributed by atoms with Gasteiger partial charge in [0.25, 0.3) is 5.91 Å². The first-order valence-corrected chi connectivity index (χ1v) is 11.5. The second-order valence-corrected chi connectivity index (χ2v) is 8.78. The molecule has 0 aliphatic heterocycles. The summed E-state index contributed by atoms with van der Waals surface area (Å²) in [5, 5.41) is 21.6. The van der Waals surface area contributed by atoms with Crippen molar-refractivity contribution in [2.75, 3.05) is 11.9 Å². The molecule has 0 radical (unpaired) electrons. The van der Waals surface area contributed by atoms with Crippen LogP contribution >= 0.6 is 0 Å². The largest absolute Gasteiger partial charge is 0.481 e. The van der Waals surface area contributed by atoms with Gasteiger partial charge in [0, 0.05) is 12.0 Å². The smallest absolute Gasteiger partial charge is 0.412 e. The van der Waals surface area contributed by atoms with Gasteiger partial charge in [0.15, 0.2) is 0 Å². The predicted molar refractivity (Wildman–Crippen MR) is 124 cm³/mol. The maximum absolute atomic E-state index is 12.7. The number of rotatable bonds is 6. The highest BCUT2D eigenvalue weighted by molar-refractivity contribution is 5.99. The van der Waals surface area contributed by atoms with Gasteiger partial charge in [0.05, 0.1) is 5.92 Å². The zero-order chi connectivity index (χ0) is 24.4. The SMILES string of the molecule is O=C(Nc1nonc1C(=O)N[C@@H]1CCC[C@H](C(=O)O)C1)OCC1c2ccccc2-c2ccccc21. The molecule has 0 spiro atoms. The molecule has 3 N–H and O–H groups in total. The van der Waals surface area contributed by atoms with Crippen LogP contribution in [0, 0.1) is 5.92 Å². The number of anilines is 1. The highest BCUT2D eigenvalue weighted by Gasteiger charge is 2.31. The molecule has 2 atom stereocenters. The molecular formula is C25H24N4O6. The van der Waals surface area contributed by atoms with Crippen molar-refractivity contribution in [1.29, 1.82) is 0 Å². The highest BCUT2D eigenvalue weighted by atomic mass is 16.6. The lowest BCUT2D eigenvalue weighted by Crippen LogP contribution is -2.40. The molecule has 10 nitrogen and oxygen atoms in total. The lowest BCUT2D eigenvalue weighted by molar-refractivity contribution is -0.143. The third-order valence-corrected chi connectivity index (χ3v) is 6.63. The van der Waals surface area contributed by atoms with E-state index in [1.165, 1.54) is 0 Å². The van der Waals surface area contributed by atoms with Crippen LogP contribution in [-0.2, 0) is 9.53 Å². The van der Waals surface area contributed by atoms with Gasteiger partial charge in [-0.05, 0) is 51.8 Å². The summed E-state index contributed by atoms with van der Waals surface area (Å²) in [5.74, 6) is -2.24. The summed E-state index contributed by atoms with van der Waals surface area (Å²) in [6.45, 7) is 0.103. The van der Waals surface area contributed by atoms with E-state index in [1.54, 1.807) is 0 Å². The van der Waals surface area contributed by atoms with Crippen molar-refractivity contribution in [1.82, 2.24) is 15.6 Å². The van der Waals surface area contributed by atoms with Crippen LogP contribution in [0.2, 0.25) is 0 Å². The first kappa shape index (κ1) is 22.6. The fourth-order valence-corrected chi connectivity index (χ4v) is 4.95. The molecule has 3 aromatic rings. The molecule has 1 aromatic heterocycles. The molecule has 0 bridgehead atoms.